The summed E-state index contributed by atoms with van der Waals surface area (Å²) in [5, 5.41) is 31.4. The van der Waals surface area contributed by atoms with E-state index in [1.807, 2.05) is 0 Å². The van der Waals surface area contributed by atoms with Crippen molar-refractivity contribution in [1.29, 1.82) is 0 Å². The van der Waals surface area contributed by atoms with Crippen LogP contribution in [0.25, 0.3) is 17.0 Å². The van der Waals surface area contributed by atoms with Gasteiger partial charge in [0.15, 0.2) is 0 Å². The number of imidazole rings is 1. The SMILES string of the molecule is Cn1nnnc1-n1c(OCc2cccc(N(C(=O)O)C(C)(C)C)n2)nc2c(O)cccc21. The molecule has 0 unspecified atom stereocenters. The van der Waals surface area contributed by atoms with Crippen LogP contribution >= 0.6 is 0 Å². The second-order valence-corrected chi connectivity index (χ2v) is 8.04. The highest BCUT2D eigenvalue weighted by atomic mass is 16.5. The van der Waals surface area contributed by atoms with Crippen molar-refractivity contribution in [2.45, 2.75) is 32.9 Å². The van der Waals surface area contributed by atoms with E-state index >= 15 is 0 Å². The monoisotopic (exact) mass is 438 g/mol. The standard InChI is InChI=1S/C20H22N8O4/c1-20(2,3)28(19(30)31)15-10-5-7-12(21-15)11-32-18-22-16-13(8-6-9-14(16)29)27(18)17-23-24-25-26(17)4/h5-10,29H,11H2,1-4H3,(H,30,31). The number of aromatic hydroxyl groups is 1. The minimum atomic E-state index is -1.10. The molecule has 166 valence electrons. The predicted octanol–water partition coefficient (Wildman–Crippen LogP) is 2.51. The van der Waals surface area contributed by atoms with Crippen LogP contribution in [0.3, 0.4) is 0 Å². The first-order valence-corrected chi connectivity index (χ1v) is 9.72. The van der Waals surface area contributed by atoms with Crippen LogP contribution in [-0.4, -0.2) is 56.6 Å². The van der Waals surface area contributed by atoms with Gasteiger partial charge in [0.1, 0.15) is 23.7 Å². The summed E-state index contributed by atoms with van der Waals surface area (Å²) in [6, 6.07) is 10.2. The number of hydrogen-bond acceptors (Lipinski definition) is 8. The van der Waals surface area contributed by atoms with Gasteiger partial charge >= 0.3 is 12.1 Å². The zero-order chi connectivity index (χ0) is 23.0. The maximum atomic E-state index is 11.8. The van der Waals surface area contributed by atoms with Crippen molar-refractivity contribution < 1.29 is 19.7 Å². The molecular formula is C20H22N8O4. The number of phenolic OH excluding ortho intramolecular Hbond substituents is 1. The molecule has 12 heteroatoms. The molecule has 0 saturated heterocycles. The molecule has 0 saturated carbocycles. The Labute approximate surface area is 182 Å². The van der Waals surface area contributed by atoms with E-state index in [9.17, 15) is 15.0 Å². The number of tetrazole rings is 1. The Bertz CT molecular complexity index is 1290. The van der Waals surface area contributed by atoms with Gasteiger partial charge in [0.2, 0.25) is 0 Å². The Hall–Kier alpha value is -4.22. The van der Waals surface area contributed by atoms with E-state index in [0.29, 0.717) is 22.7 Å². The predicted molar refractivity (Wildman–Crippen MR) is 114 cm³/mol. The lowest BCUT2D eigenvalue weighted by molar-refractivity contribution is 0.195. The molecule has 1 amide bonds. The van der Waals surface area contributed by atoms with Gasteiger partial charge in [-0.25, -0.2) is 19.0 Å². The first-order valence-electron chi connectivity index (χ1n) is 9.72. The number of benzene rings is 1. The third-order valence-electron chi connectivity index (χ3n) is 4.66. The lowest BCUT2D eigenvalue weighted by Gasteiger charge is -2.32. The van der Waals surface area contributed by atoms with Crippen LogP contribution in [-0.2, 0) is 13.7 Å². The van der Waals surface area contributed by atoms with Gasteiger partial charge < -0.3 is 14.9 Å². The highest BCUT2D eigenvalue weighted by Gasteiger charge is 2.29. The number of carbonyl (C=O) groups is 1. The molecule has 0 fully saturated rings. The second-order valence-electron chi connectivity index (χ2n) is 8.04. The van der Waals surface area contributed by atoms with Gasteiger partial charge in [0.25, 0.3) is 5.95 Å². The summed E-state index contributed by atoms with van der Waals surface area (Å²) >= 11 is 0. The topological polar surface area (TPSA) is 144 Å². The van der Waals surface area contributed by atoms with E-state index in [-0.39, 0.29) is 24.2 Å². The number of carboxylic acid groups (broad SMARTS) is 1. The Balaban J connectivity index is 1.70. The Kier molecular flexibility index (Phi) is 5.12. The van der Waals surface area contributed by atoms with Crippen LogP contribution in [0.1, 0.15) is 26.5 Å². The van der Waals surface area contributed by atoms with Crippen LogP contribution in [0, 0.1) is 0 Å². The minimum Gasteiger partial charge on any atom is -0.506 e. The molecule has 4 rings (SSSR count). The molecule has 0 spiro atoms. The molecule has 1 aromatic carbocycles. The number of nitrogens with zero attached hydrogens (tertiary/aromatic N) is 8. The van der Waals surface area contributed by atoms with Crippen molar-refractivity contribution in [2.24, 2.45) is 7.05 Å². The van der Waals surface area contributed by atoms with Gasteiger partial charge in [0, 0.05) is 12.6 Å². The van der Waals surface area contributed by atoms with Crippen molar-refractivity contribution in [3.05, 3.63) is 42.1 Å². The smallest absolute Gasteiger partial charge is 0.413 e. The van der Waals surface area contributed by atoms with E-state index in [1.165, 1.54) is 15.6 Å². The minimum absolute atomic E-state index is 0.000799. The van der Waals surface area contributed by atoms with Crippen LogP contribution in [0.5, 0.6) is 11.8 Å². The van der Waals surface area contributed by atoms with E-state index in [2.05, 4.69) is 25.5 Å². The van der Waals surface area contributed by atoms with Crippen LogP contribution in [0.15, 0.2) is 36.4 Å². The van der Waals surface area contributed by atoms with Gasteiger partial charge in [-0.15, -0.1) is 0 Å². The lowest BCUT2D eigenvalue weighted by Crippen LogP contribution is -2.45. The third-order valence-corrected chi connectivity index (χ3v) is 4.66. The highest BCUT2D eigenvalue weighted by molar-refractivity contribution is 5.86. The van der Waals surface area contributed by atoms with Gasteiger partial charge in [-0.3, -0.25) is 4.90 Å². The number of hydrogen-bond donors (Lipinski definition) is 2. The highest BCUT2D eigenvalue weighted by Crippen LogP contribution is 2.30. The van der Waals surface area contributed by atoms with E-state index in [4.69, 9.17) is 4.74 Å². The second kappa shape index (κ2) is 7.80. The zero-order valence-electron chi connectivity index (χ0n) is 18.0. The fourth-order valence-electron chi connectivity index (χ4n) is 3.31. The normalized spacial score (nSPS) is 11.6. The maximum Gasteiger partial charge on any atom is 0.413 e. The van der Waals surface area contributed by atoms with Crippen molar-refractivity contribution in [3.63, 3.8) is 0 Å². The third kappa shape index (κ3) is 3.77. The number of phenols is 1. The number of para-hydroxylation sites is 1. The van der Waals surface area contributed by atoms with Gasteiger partial charge in [0.05, 0.1) is 11.2 Å². The number of rotatable bonds is 5. The summed E-state index contributed by atoms with van der Waals surface area (Å²) in [4.78, 5) is 21.8. The number of ether oxygens (including phenoxy) is 1. The average Bonchev–Trinajstić information content (AvgIpc) is 3.29. The molecule has 32 heavy (non-hydrogen) atoms. The van der Waals surface area contributed by atoms with Crippen molar-refractivity contribution in [3.8, 4) is 17.7 Å². The molecule has 0 aliphatic heterocycles. The number of fused-ring (bicyclic) bond motifs is 1. The number of aromatic nitrogens is 7. The maximum absolute atomic E-state index is 11.8. The van der Waals surface area contributed by atoms with Crippen LogP contribution in [0.4, 0.5) is 10.6 Å². The quantitative estimate of drug-likeness (QED) is 0.480. The molecule has 2 N–H and O–H groups in total. The van der Waals surface area contributed by atoms with Gasteiger partial charge in [-0.2, -0.15) is 4.98 Å². The molecule has 4 aromatic rings. The molecule has 12 nitrogen and oxygen atoms in total. The Morgan fingerprint density at radius 3 is 2.56 bits per heavy atom. The summed E-state index contributed by atoms with van der Waals surface area (Å²) in [6.45, 7) is 5.36. The van der Waals surface area contributed by atoms with Crippen LogP contribution < -0.4 is 9.64 Å². The largest absolute Gasteiger partial charge is 0.506 e. The summed E-state index contributed by atoms with van der Waals surface area (Å²) in [5.74, 6) is 0.623. The molecular weight excluding hydrogens is 416 g/mol. The first kappa shape index (κ1) is 21.0. The molecule has 0 bridgehead atoms. The fraction of sp³-hybridized carbons (Fsp3) is 0.300. The molecule has 0 radical (unpaired) electrons. The number of pyridine rings is 1. The Morgan fingerprint density at radius 1 is 1.16 bits per heavy atom. The van der Waals surface area contributed by atoms with E-state index in [0.717, 1.165) is 0 Å². The molecule has 0 aliphatic rings. The Morgan fingerprint density at radius 2 is 1.91 bits per heavy atom. The first-order chi connectivity index (χ1) is 15.2. The molecule has 3 aromatic heterocycles. The van der Waals surface area contributed by atoms with Crippen molar-refractivity contribution in [1.82, 2.24) is 34.7 Å². The summed E-state index contributed by atoms with van der Waals surface area (Å²) in [5.41, 5.74) is 0.709. The van der Waals surface area contributed by atoms with Gasteiger partial charge in [-0.1, -0.05) is 17.2 Å². The number of amides is 1. The number of anilines is 1. The molecule has 0 atom stereocenters. The summed E-state index contributed by atoms with van der Waals surface area (Å²) in [7, 11) is 1.67. The fourth-order valence-corrected chi connectivity index (χ4v) is 3.31. The van der Waals surface area contributed by atoms with Crippen molar-refractivity contribution in [2.75, 3.05) is 4.90 Å². The number of aryl methyl sites for hydroxylation is 1. The zero-order valence-corrected chi connectivity index (χ0v) is 18.0. The van der Waals surface area contributed by atoms with Gasteiger partial charge in [-0.05, 0) is 55.5 Å². The summed E-state index contributed by atoms with van der Waals surface area (Å²) in [6.07, 6.45) is -1.10. The van der Waals surface area contributed by atoms with E-state index in [1.54, 1.807) is 62.7 Å². The molecule has 3 heterocycles. The van der Waals surface area contributed by atoms with E-state index < -0.39 is 11.6 Å². The summed E-state index contributed by atoms with van der Waals surface area (Å²) < 4.78 is 8.96. The van der Waals surface area contributed by atoms with Crippen LogP contribution in [0.2, 0.25) is 0 Å². The average molecular weight is 438 g/mol. The molecule has 0 aliphatic carbocycles. The van der Waals surface area contributed by atoms with Crippen molar-refractivity contribution >= 4 is 22.9 Å². The lowest BCUT2D eigenvalue weighted by atomic mass is 10.1.